The molecule has 0 saturated heterocycles. The van der Waals surface area contributed by atoms with Crippen LogP contribution in [0, 0.1) is 5.92 Å². The lowest BCUT2D eigenvalue weighted by molar-refractivity contribution is 0.516. The molecular weight excluding hydrogens is 218 g/mol. The van der Waals surface area contributed by atoms with E-state index in [1.54, 1.807) is 0 Å². The normalized spacial score (nSPS) is 12.3. The summed E-state index contributed by atoms with van der Waals surface area (Å²) in [4.78, 5) is 4.46. The average molecular weight is 239 g/mol. The second-order valence-electron chi connectivity index (χ2n) is 4.97. The van der Waals surface area contributed by atoms with Gasteiger partial charge in [-0.05, 0) is 36.5 Å². The van der Waals surface area contributed by atoms with Crippen molar-refractivity contribution in [2.45, 2.75) is 33.1 Å². The largest absolute Gasteiger partial charge is 0.256 e. The van der Waals surface area contributed by atoms with Gasteiger partial charge in [-0.2, -0.15) is 0 Å². The molecule has 2 rings (SSSR count). The third-order valence-electron chi connectivity index (χ3n) is 3.52. The average Bonchev–Trinajstić information content (AvgIpc) is 2.46. The number of hydrogen-bond acceptors (Lipinski definition) is 1. The Kier molecular flexibility index (Phi) is 4.52. The van der Waals surface area contributed by atoms with Crippen LogP contribution in [0.25, 0.3) is 11.3 Å². The van der Waals surface area contributed by atoms with Crippen LogP contribution in [0.1, 0.15) is 32.3 Å². The third kappa shape index (κ3) is 3.43. The van der Waals surface area contributed by atoms with Gasteiger partial charge in [-0.1, -0.05) is 50.6 Å². The molecule has 0 saturated carbocycles. The molecule has 1 aromatic carbocycles. The first-order chi connectivity index (χ1) is 8.79. The van der Waals surface area contributed by atoms with Gasteiger partial charge in [0.05, 0.1) is 5.69 Å². The van der Waals surface area contributed by atoms with E-state index in [1.807, 2.05) is 12.3 Å². The number of aromatic nitrogens is 1. The maximum absolute atomic E-state index is 4.46. The molecule has 0 fully saturated rings. The predicted molar refractivity (Wildman–Crippen MR) is 77.4 cm³/mol. The first-order valence-corrected chi connectivity index (χ1v) is 6.80. The van der Waals surface area contributed by atoms with Crippen molar-refractivity contribution in [3.8, 4) is 11.3 Å². The van der Waals surface area contributed by atoms with Crippen molar-refractivity contribution in [2.24, 2.45) is 5.92 Å². The van der Waals surface area contributed by atoms with E-state index in [4.69, 9.17) is 0 Å². The topological polar surface area (TPSA) is 12.9 Å². The van der Waals surface area contributed by atoms with Crippen LogP contribution in [0.5, 0.6) is 0 Å². The summed E-state index contributed by atoms with van der Waals surface area (Å²) in [5.41, 5.74) is 3.67. The van der Waals surface area contributed by atoms with Crippen LogP contribution in [0.4, 0.5) is 0 Å². The zero-order valence-electron chi connectivity index (χ0n) is 11.3. The summed E-state index contributed by atoms with van der Waals surface area (Å²) < 4.78 is 0. The van der Waals surface area contributed by atoms with Gasteiger partial charge in [0.1, 0.15) is 0 Å². The minimum Gasteiger partial charge on any atom is -0.256 e. The van der Waals surface area contributed by atoms with Gasteiger partial charge in [-0.3, -0.25) is 4.98 Å². The van der Waals surface area contributed by atoms with Gasteiger partial charge < -0.3 is 0 Å². The number of hydrogen-bond donors (Lipinski definition) is 0. The first-order valence-electron chi connectivity index (χ1n) is 6.80. The maximum atomic E-state index is 4.46. The number of aryl methyl sites for hydroxylation is 1. The van der Waals surface area contributed by atoms with Gasteiger partial charge in [0.25, 0.3) is 0 Å². The third-order valence-corrected chi connectivity index (χ3v) is 3.52. The quantitative estimate of drug-likeness (QED) is 0.735. The standard InChI is InChI=1S/C17H21N/c1-3-14(2)9-10-15-11-12-18-17(13-15)16-7-5-4-6-8-16/h4-8,11-14H,3,9-10H2,1-2H3. The molecule has 0 aliphatic carbocycles. The summed E-state index contributed by atoms with van der Waals surface area (Å²) in [6, 6.07) is 14.7. The van der Waals surface area contributed by atoms with E-state index in [1.165, 1.54) is 24.0 Å². The van der Waals surface area contributed by atoms with Gasteiger partial charge in [0, 0.05) is 11.8 Å². The fraction of sp³-hybridized carbons (Fsp3) is 0.353. The highest BCUT2D eigenvalue weighted by atomic mass is 14.7. The Morgan fingerprint density at radius 3 is 2.61 bits per heavy atom. The Bertz CT molecular complexity index is 476. The fourth-order valence-electron chi connectivity index (χ4n) is 2.01. The van der Waals surface area contributed by atoms with Crippen LogP contribution in [0.2, 0.25) is 0 Å². The highest BCUT2D eigenvalue weighted by Gasteiger charge is 2.03. The Balaban J connectivity index is 2.11. The van der Waals surface area contributed by atoms with Crippen LogP contribution in [-0.4, -0.2) is 4.98 Å². The van der Waals surface area contributed by atoms with Gasteiger partial charge >= 0.3 is 0 Å². The van der Waals surface area contributed by atoms with Crippen LogP contribution in [-0.2, 0) is 6.42 Å². The first kappa shape index (κ1) is 12.8. The molecule has 0 bridgehead atoms. The number of rotatable bonds is 5. The van der Waals surface area contributed by atoms with Crippen LogP contribution in [0.15, 0.2) is 48.7 Å². The Hall–Kier alpha value is -1.63. The lowest BCUT2D eigenvalue weighted by atomic mass is 9.98. The van der Waals surface area contributed by atoms with Crippen molar-refractivity contribution in [3.05, 3.63) is 54.2 Å². The molecule has 94 valence electrons. The molecule has 1 heterocycles. The summed E-state index contributed by atoms with van der Waals surface area (Å²) in [6.07, 6.45) is 5.59. The van der Waals surface area contributed by atoms with Gasteiger partial charge in [-0.25, -0.2) is 0 Å². The lowest BCUT2D eigenvalue weighted by Gasteiger charge is -2.09. The monoisotopic (exact) mass is 239 g/mol. The molecule has 18 heavy (non-hydrogen) atoms. The Morgan fingerprint density at radius 1 is 1.11 bits per heavy atom. The van der Waals surface area contributed by atoms with Crippen LogP contribution in [0.3, 0.4) is 0 Å². The maximum Gasteiger partial charge on any atom is 0.0704 e. The molecule has 0 aliphatic rings. The van der Waals surface area contributed by atoms with Crippen LogP contribution < -0.4 is 0 Å². The van der Waals surface area contributed by atoms with E-state index < -0.39 is 0 Å². The number of pyridine rings is 1. The molecule has 0 N–H and O–H groups in total. The molecular formula is C17H21N. The minimum atomic E-state index is 0.804. The zero-order chi connectivity index (χ0) is 12.8. The van der Waals surface area contributed by atoms with E-state index in [0.717, 1.165) is 18.0 Å². The smallest absolute Gasteiger partial charge is 0.0704 e. The van der Waals surface area contributed by atoms with Crippen molar-refractivity contribution in [1.29, 1.82) is 0 Å². The van der Waals surface area contributed by atoms with Crippen molar-refractivity contribution in [1.82, 2.24) is 4.98 Å². The van der Waals surface area contributed by atoms with Gasteiger partial charge in [0.2, 0.25) is 0 Å². The van der Waals surface area contributed by atoms with Crippen molar-refractivity contribution >= 4 is 0 Å². The summed E-state index contributed by atoms with van der Waals surface area (Å²) >= 11 is 0. The molecule has 1 heteroatoms. The molecule has 0 spiro atoms. The molecule has 1 aromatic heterocycles. The summed E-state index contributed by atoms with van der Waals surface area (Å²) in [5, 5.41) is 0. The molecule has 0 radical (unpaired) electrons. The van der Waals surface area contributed by atoms with Crippen molar-refractivity contribution < 1.29 is 0 Å². The molecule has 1 atom stereocenters. The summed E-state index contributed by atoms with van der Waals surface area (Å²) in [6.45, 7) is 4.58. The summed E-state index contributed by atoms with van der Waals surface area (Å²) in [7, 11) is 0. The van der Waals surface area contributed by atoms with E-state index in [0.29, 0.717) is 0 Å². The SMILES string of the molecule is CCC(C)CCc1ccnc(-c2ccccc2)c1. The Morgan fingerprint density at radius 2 is 1.89 bits per heavy atom. The molecule has 2 aromatic rings. The zero-order valence-corrected chi connectivity index (χ0v) is 11.3. The Labute approximate surface area is 110 Å². The second kappa shape index (κ2) is 6.34. The minimum absolute atomic E-state index is 0.804. The van der Waals surface area contributed by atoms with Crippen molar-refractivity contribution in [3.63, 3.8) is 0 Å². The van der Waals surface area contributed by atoms with E-state index in [-0.39, 0.29) is 0 Å². The van der Waals surface area contributed by atoms with Gasteiger partial charge in [-0.15, -0.1) is 0 Å². The number of benzene rings is 1. The van der Waals surface area contributed by atoms with E-state index in [9.17, 15) is 0 Å². The summed E-state index contributed by atoms with van der Waals surface area (Å²) in [5.74, 6) is 0.804. The van der Waals surface area contributed by atoms with E-state index >= 15 is 0 Å². The van der Waals surface area contributed by atoms with Crippen molar-refractivity contribution in [2.75, 3.05) is 0 Å². The second-order valence-corrected chi connectivity index (χ2v) is 4.97. The highest BCUT2D eigenvalue weighted by Crippen LogP contribution is 2.19. The molecule has 0 aliphatic heterocycles. The predicted octanol–water partition coefficient (Wildman–Crippen LogP) is 4.73. The lowest BCUT2D eigenvalue weighted by Crippen LogP contribution is -1.96. The van der Waals surface area contributed by atoms with Crippen LogP contribution >= 0.6 is 0 Å². The number of nitrogens with zero attached hydrogens (tertiary/aromatic N) is 1. The highest BCUT2D eigenvalue weighted by molar-refractivity contribution is 5.59. The van der Waals surface area contributed by atoms with E-state index in [2.05, 4.69) is 55.2 Å². The van der Waals surface area contributed by atoms with Gasteiger partial charge in [0.15, 0.2) is 0 Å². The molecule has 1 nitrogen and oxygen atoms in total. The molecule has 0 amide bonds. The molecule has 1 unspecified atom stereocenters. The fourth-order valence-corrected chi connectivity index (χ4v) is 2.01.